The van der Waals surface area contributed by atoms with Crippen LogP contribution in [0.25, 0.3) is 10.9 Å². The number of methoxy groups -OCH3 is 1. The van der Waals surface area contributed by atoms with Gasteiger partial charge < -0.3 is 34.5 Å². The minimum atomic E-state index is -1.51. The number of aromatic nitrogens is 1. The molecular formula is C22H24FNO6. The second-order valence-electron chi connectivity index (χ2n) is 7.47. The topological polar surface area (TPSA) is 104 Å². The highest BCUT2D eigenvalue weighted by Crippen LogP contribution is 2.37. The summed E-state index contributed by atoms with van der Waals surface area (Å²) in [5.74, 6) is 0.288. The molecule has 30 heavy (non-hydrogen) atoms. The molecule has 0 unspecified atom stereocenters. The van der Waals surface area contributed by atoms with Crippen LogP contribution in [0.4, 0.5) is 4.39 Å². The normalized spacial score (nSPS) is 26.8. The van der Waals surface area contributed by atoms with Crippen molar-refractivity contribution in [2.45, 2.75) is 37.1 Å². The van der Waals surface area contributed by atoms with E-state index in [0.717, 1.165) is 16.8 Å². The lowest BCUT2D eigenvalue weighted by molar-refractivity contribution is -0.231. The van der Waals surface area contributed by atoms with E-state index in [2.05, 4.69) is 0 Å². The number of halogens is 1. The lowest BCUT2D eigenvalue weighted by Gasteiger charge is -2.40. The van der Waals surface area contributed by atoms with Gasteiger partial charge in [-0.25, -0.2) is 4.39 Å². The Labute approximate surface area is 172 Å². The summed E-state index contributed by atoms with van der Waals surface area (Å²) in [6.07, 6.45) is -4.74. The van der Waals surface area contributed by atoms with E-state index in [4.69, 9.17) is 9.47 Å². The van der Waals surface area contributed by atoms with E-state index in [0.29, 0.717) is 17.5 Å². The molecule has 1 aromatic heterocycles. The van der Waals surface area contributed by atoms with E-state index in [9.17, 15) is 24.8 Å². The van der Waals surface area contributed by atoms with Crippen LogP contribution in [-0.4, -0.2) is 63.1 Å². The van der Waals surface area contributed by atoms with Gasteiger partial charge in [0.05, 0.1) is 13.7 Å². The largest absolute Gasteiger partial charge is 0.497 e. The molecule has 7 nitrogen and oxygen atoms in total. The highest BCUT2D eigenvalue weighted by Gasteiger charge is 2.44. The molecule has 4 rings (SSSR count). The van der Waals surface area contributed by atoms with E-state index >= 15 is 0 Å². The van der Waals surface area contributed by atoms with E-state index in [-0.39, 0.29) is 0 Å². The molecule has 2 aromatic carbocycles. The highest BCUT2D eigenvalue weighted by atomic mass is 19.1. The molecule has 8 heteroatoms. The number of aliphatic hydroxyl groups excluding tert-OH is 4. The first-order chi connectivity index (χ1) is 14.4. The summed E-state index contributed by atoms with van der Waals surface area (Å²) in [5.41, 5.74) is 2.17. The first-order valence-corrected chi connectivity index (χ1v) is 9.64. The predicted molar refractivity (Wildman–Crippen MR) is 107 cm³/mol. The van der Waals surface area contributed by atoms with Crippen LogP contribution in [0.3, 0.4) is 0 Å². The molecule has 1 saturated heterocycles. The molecule has 2 heterocycles. The summed E-state index contributed by atoms with van der Waals surface area (Å²) in [5, 5.41) is 40.7. The number of benzene rings is 2. The maximum atomic E-state index is 14.0. The van der Waals surface area contributed by atoms with Gasteiger partial charge in [0.25, 0.3) is 0 Å². The van der Waals surface area contributed by atoms with Gasteiger partial charge >= 0.3 is 0 Å². The van der Waals surface area contributed by atoms with Gasteiger partial charge in [0, 0.05) is 29.2 Å². The molecule has 0 amide bonds. The molecule has 1 aliphatic heterocycles. The lowest BCUT2D eigenvalue weighted by atomic mass is 9.91. The van der Waals surface area contributed by atoms with Gasteiger partial charge in [-0.2, -0.15) is 0 Å². The minimum Gasteiger partial charge on any atom is -0.497 e. The Kier molecular flexibility index (Phi) is 5.77. The summed E-state index contributed by atoms with van der Waals surface area (Å²) in [6, 6.07) is 11.9. The van der Waals surface area contributed by atoms with Gasteiger partial charge in [-0.3, -0.25) is 0 Å². The number of hydrogen-bond acceptors (Lipinski definition) is 6. The average molecular weight is 417 g/mol. The summed E-state index contributed by atoms with van der Waals surface area (Å²) < 4.78 is 26.8. The van der Waals surface area contributed by atoms with Crippen LogP contribution in [-0.2, 0) is 11.3 Å². The monoisotopic (exact) mass is 417 g/mol. The van der Waals surface area contributed by atoms with E-state index in [1.165, 1.54) is 12.1 Å². The van der Waals surface area contributed by atoms with Crippen LogP contribution in [0.15, 0.2) is 48.7 Å². The highest BCUT2D eigenvalue weighted by molar-refractivity contribution is 5.84. The molecule has 5 atom stereocenters. The summed E-state index contributed by atoms with van der Waals surface area (Å²) in [6.45, 7) is -0.0517. The maximum absolute atomic E-state index is 14.0. The molecular weight excluding hydrogens is 393 g/mol. The average Bonchev–Trinajstić information content (AvgIpc) is 3.10. The lowest BCUT2D eigenvalue weighted by Crippen LogP contribution is -2.55. The summed E-state index contributed by atoms with van der Waals surface area (Å²) >= 11 is 0. The molecule has 1 fully saturated rings. The Morgan fingerprint density at radius 1 is 1.03 bits per heavy atom. The second-order valence-corrected chi connectivity index (χ2v) is 7.47. The van der Waals surface area contributed by atoms with E-state index in [1.807, 2.05) is 28.8 Å². The number of rotatable bonds is 5. The molecule has 0 aliphatic carbocycles. The van der Waals surface area contributed by atoms with Crippen molar-refractivity contribution in [1.29, 1.82) is 0 Å². The number of nitrogens with zero attached hydrogens (tertiary/aromatic N) is 1. The van der Waals surface area contributed by atoms with Crippen molar-refractivity contribution in [3.63, 3.8) is 0 Å². The fourth-order valence-corrected chi connectivity index (χ4v) is 3.94. The van der Waals surface area contributed by atoms with Crippen LogP contribution in [0.1, 0.15) is 17.2 Å². The van der Waals surface area contributed by atoms with Crippen molar-refractivity contribution in [3.8, 4) is 5.75 Å². The van der Waals surface area contributed by atoms with Gasteiger partial charge in [-0.15, -0.1) is 0 Å². The fourth-order valence-electron chi connectivity index (χ4n) is 3.94. The molecule has 0 saturated carbocycles. The van der Waals surface area contributed by atoms with Crippen LogP contribution < -0.4 is 4.74 Å². The van der Waals surface area contributed by atoms with E-state index in [1.54, 1.807) is 19.4 Å². The Morgan fingerprint density at radius 2 is 1.77 bits per heavy atom. The minimum absolute atomic E-state index is 0.449. The second kappa shape index (κ2) is 8.33. The van der Waals surface area contributed by atoms with Crippen LogP contribution in [0, 0.1) is 5.82 Å². The van der Waals surface area contributed by atoms with Gasteiger partial charge in [0.15, 0.2) is 0 Å². The van der Waals surface area contributed by atoms with Gasteiger partial charge in [0.1, 0.15) is 42.1 Å². The zero-order valence-corrected chi connectivity index (χ0v) is 16.4. The van der Waals surface area contributed by atoms with Crippen molar-refractivity contribution in [2.75, 3.05) is 13.7 Å². The summed E-state index contributed by atoms with van der Waals surface area (Å²) in [7, 11) is 1.59. The van der Waals surface area contributed by atoms with Crippen molar-refractivity contribution >= 4 is 10.9 Å². The number of fused-ring (bicyclic) bond motifs is 1. The zero-order valence-electron chi connectivity index (χ0n) is 16.4. The van der Waals surface area contributed by atoms with Crippen molar-refractivity contribution in [1.82, 2.24) is 4.57 Å². The van der Waals surface area contributed by atoms with Crippen molar-refractivity contribution in [3.05, 3.63) is 65.6 Å². The number of ether oxygens (including phenoxy) is 2. The standard InChI is InChI=1S/C22H24FNO6/c1-29-14-5-2-12(3-6-14)9-24-10-16(15-8-13(23)4-7-17(15)24)22-21(28)20(27)19(26)18(11-25)30-22/h2-8,10,18-22,25-28H,9,11H2,1H3/t18-,19-,20+,21-,22+/m1/s1. The number of aliphatic hydroxyl groups is 4. The Morgan fingerprint density at radius 3 is 2.43 bits per heavy atom. The van der Waals surface area contributed by atoms with Crippen LogP contribution >= 0.6 is 0 Å². The molecule has 0 bridgehead atoms. The molecule has 1 aliphatic rings. The van der Waals surface area contributed by atoms with E-state index < -0.39 is 42.9 Å². The third-order valence-corrected chi connectivity index (χ3v) is 5.58. The molecule has 3 aromatic rings. The van der Waals surface area contributed by atoms with Gasteiger partial charge in [0.2, 0.25) is 0 Å². The maximum Gasteiger partial charge on any atom is 0.123 e. The zero-order chi connectivity index (χ0) is 21.4. The Bertz CT molecular complexity index is 1020. The third-order valence-electron chi connectivity index (χ3n) is 5.58. The van der Waals surface area contributed by atoms with Crippen LogP contribution in [0.5, 0.6) is 5.75 Å². The molecule has 160 valence electrons. The first-order valence-electron chi connectivity index (χ1n) is 9.64. The molecule has 0 radical (unpaired) electrons. The SMILES string of the molecule is COc1ccc(Cn2cc([C@@H]3O[C@H](CO)[C@@H](O)[C@H](O)[C@H]3O)c3cc(F)ccc32)cc1. The molecule has 4 N–H and O–H groups in total. The Balaban J connectivity index is 1.75. The van der Waals surface area contributed by atoms with Gasteiger partial charge in [-0.05, 0) is 35.9 Å². The molecule has 0 spiro atoms. The summed E-state index contributed by atoms with van der Waals surface area (Å²) in [4.78, 5) is 0. The third kappa shape index (κ3) is 3.68. The number of hydrogen-bond donors (Lipinski definition) is 4. The van der Waals surface area contributed by atoms with Gasteiger partial charge in [-0.1, -0.05) is 12.1 Å². The Hall–Kier alpha value is -2.49. The fraction of sp³-hybridized carbons (Fsp3) is 0.364. The van der Waals surface area contributed by atoms with Crippen LogP contribution in [0.2, 0.25) is 0 Å². The smallest absolute Gasteiger partial charge is 0.123 e. The first kappa shape index (κ1) is 20.8. The van der Waals surface area contributed by atoms with Crippen molar-refractivity contribution in [2.24, 2.45) is 0 Å². The van der Waals surface area contributed by atoms with Crippen molar-refractivity contribution < 1.29 is 34.3 Å². The predicted octanol–water partition coefficient (Wildman–Crippen LogP) is 1.35. The quantitative estimate of drug-likeness (QED) is 0.500.